The summed E-state index contributed by atoms with van der Waals surface area (Å²) < 4.78 is 1.92. The number of carboxylic acid groups (broad SMARTS) is 1. The van der Waals surface area contributed by atoms with Gasteiger partial charge in [-0.3, -0.25) is 14.4 Å². The summed E-state index contributed by atoms with van der Waals surface area (Å²) in [5.41, 5.74) is 0.667. The zero-order chi connectivity index (χ0) is 13.2. The van der Waals surface area contributed by atoms with Crippen LogP contribution in [0.1, 0.15) is 32.3 Å². The predicted molar refractivity (Wildman–Crippen MR) is 68.2 cm³/mol. The molecule has 1 fully saturated rings. The molecule has 0 bridgehead atoms. The van der Waals surface area contributed by atoms with Crippen LogP contribution in [0.5, 0.6) is 0 Å². The quantitative estimate of drug-likeness (QED) is 0.883. The van der Waals surface area contributed by atoms with Crippen molar-refractivity contribution in [1.82, 2.24) is 14.7 Å². The molecule has 1 saturated heterocycles. The van der Waals surface area contributed by atoms with E-state index in [1.165, 1.54) is 5.56 Å². The second-order valence-electron chi connectivity index (χ2n) is 5.35. The van der Waals surface area contributed by atoms with Gasteiger partial charge in [-0.15, -0.1) is 0 Å². The highest BCUT2D eigenvalue weighted by Crippen LogP contribution is 2.31. The number of hydrogen-bond acceptors (Lipinski definition) is 3. The number of carboxylic acids is 1. The van der Waals surface area contributed by atoms with E-state index >= 15 is 0 Å². The van der Waals surface area contributed by atoms with Crippen molar-refractivity contribution in [2.45, 2.75) is 39.8 Å². The summed E-state index contributed by atoms with van der Waals surface area (Å²) in [6.45, 7) is 7.37. The molecule has 0 aliphatic carbocycles. The Hall–Kier alpha value is -1.36. The third-order valence-electron chi connectivity index (χ3n) is 3.89. The number of rotatable bonds is 4. The third-order valence-corrected chi connectivity index (χ3v) is 3.89. The second-order valence-corrected chi connectivity index (χ2v) is 5.35. The number of aromatic nitrogens is 2. The molecule has 0 unspecified atom stereocenters. The van der Waals surface area contributed by atoms with Crippen LogP contribution >= 0.6 is 0 Å². The van der Waals surface area contributed by atoms with Gasteiger partial charge in [0.15, 0.2) is 0 Å². The number of piperidine rings is 1. The standard InChI is InChI=1S/C13H21N3O2/c1-3-16-10-11(8-14-16)9-15-6-4-13(2,5-7-15)12(17)18/h8,10H,3-7,9H2,1-2H3,(H,17,18). The van der Waals surface area contributed by atoms with E-state index in [9.17, 15) is 9.90 Å². The molecule has 1 aliphatic rings. The first kappa shape index (κ1) is 13.1. The molecule has 100 valence electrons. The number of nitrogens with zero attached hydrogens (tertiary/aromatic N) is 3. The molecule has 5 heteroatoms. The van der Waals surface area contributed by atoms with Crippen molar-refractivity contribution in [2.75, 3.05) is 13.1 Å². The topological polar surface area (TPSA) is 58.4 Å². The minimum absolute atomic E-state index is 0.538. The van der Waals surface area contributed by atoms with Crippen molar-refractivity contribution >= 4 is 5.97 Å². The van der Waals surface area contributed by atoms with Gasteiger partial charge in [-0.05, 0) is 39.8 Å². The number of carbonyl (C=O) groups is 1. The molecule has 0 amide bonds. The van der Waals surface area contributed by atoms with Gasteiger partial charge >= 0.3 is 5.97 Å². The van der Waals surface area contributed by atoms with Crippen LogP contribution < -0.4 is 0 Å². The van der Waals surface area contributed by atoms with Gasteiger partial charge < -0.3 is 5.11 Å². The normalized spacial score (nSPS) is 19.9. The summed E-state index contributed by atoms with van der Waals surface area (Å²) >= 11 is 0. The zero-order valence-corrected chi connectivity index (χ0v) is 11.1. The van der Waals surface area contributed by atoms with E-state index in [1.807, 2.05) is 17.8 Å². The Labute approximate surface area is 107 Å². The summed E-state index contributed by atoms with van der Waals surface area (Å²) in [6.07, 6.45) is 5.41. The molecule has 0 saturated carbocycles. The first-order chi connectivity index (χ1) is 8.53. The predicted octanol–water partition coefficient (Wildman–Crippen LogP) is 1.59. The number of aliphatic carboxylic acids is 1. The number of aryl methyl sites for hydroxylation is 1. The van der Waals surface area contributed by atoms with Crippen LogP contribution in [0, 0.1) is 5.41 Å². The number of likely N-dealkylation sites (tertiary alicyclic amines) is 1. The van der Waals surface area contributed by atoms with Gasteiger partial charge in [0.25, 0.3) is 0 Å². The van der Waals surface area contributed by atoms with Gasteiger partial charge in [-0.1, -0.05) is 0 Å². The Bertz CT molecular complexity index is 420. The average Bonchev–Trinajstić information content (AvgIpc) is 2.80. The lowest BCUT2D eigenvalue weighted by Gasteiger charge is -2.36. The molecule has 0 spiro atoms. The lowest BCUT2D eigenvalue weighted by molar-refractivity contribution is -0.150. The molecule has 5 nitrogen and oxygen atoms in total. The highest BCUT2D eigenvalue weighted by Gasteiger charge is 2.36. The first-order valence-corrected chi connectivity index (χ1v) is 6.50. The summed E-state index contributed by atoms with van der Waals surface area (Å²) in [4.78, 5) is 13.5. The highest BCUT2D eigenvalue weighted by atomic mass is 16.4. The largest absolute Gasteiger partial charge is 0.481 e. The molecule has 1 aromatic rings. The molecular formula is C13H21N3O2. The Morgan fingerprint density at radius 2 is 2.17 bits per heavy atom. The average molecular weight is 251 g/mol. The van der Waals surface area contributed by atoms with Crippen molar-refractivity contribution in [3.05, 3.63) is 18.0 Å². The molecule has 0 aromatic carbocycles. The Kier molecular flexibility index (Phi) is 3.71. The van der Waals surface area contributed by atoms with Crippen molar-refractivity contribution in [2.24, 2.45) is 5.41 Å². The molecule has 0 atom stereocenters. The summed E-state index contributed by atoms with van der Waals surface area (Å²) in [5.74, 6) is -0.666. The minimum Gasteiger partial charge on any atom is -0.481 e. The van der Waals surface area contributed by atoms with Crippen molar-refractivity contribution < 1.29 is 9.90 Å². The lowest BCUT2D eigenvalue weighted by atomic mass is 9.80. The van der Waals surface area contributed by atoms with Crippen LogP contribution in [0.3, 0.4) is 0 Å². The maximum Gasteiger partial charge on any atom is 0.309 e. The van der Waals surface area contributed by atoms with E-state index in [2.05, 4.69) is 23.1 Å². The van der Waals surface area contributed by atoms with Gasteiger partial charge in [-0.2, -0.15) is 5.10 Å². The SMILES string of the molecule is CCn1cc(CN2CCC(C)(C(=O)O)CC2)cn1. The first-order valence-electron chi connectivity index (χ1n) is 6.50. The van der Waals surface area contributed by atoms with Crippen molar-refractivity contribution in [3.8, 4) is 0 Å². The maximum atomic E-state index is 11.2. The van der Waals surface area contributed by atoms with Crippen molar-refractivity contribution in [3.63, 3.8) is 0 Å². The van der Waals surface area contributed by atoms with E-state index in [4.69, 9.17) is 0 Å². The molecular weight excluding hydrogens is 230 g/mol. The fourth-order valence-electron chi connectivity index (χ4n) is 2.34. The summed E-state index contributed by atoms with van der Waals surface area (Å²) in [7, 11) is 0. The third kappa shape index (κ3) is 2.72. The Morgan fingerprint density at radius 3 is 2.67 bits per heavy atom. The van der Waals surface area contributed by atoms with E-state index in [-0.39, 0.29) is 0 Å². The van der Waals surface area contributed by atoms with Gasteiger partial charge in [0, 0.05) is 24.8 Å². The Balaban J connectivity index is 1.89. The van der Waals surface area contributed by atoms with Crippen LogP contribution in [-0.4, -0.2) is 38.8 Å². The maximum absolute atomic E-state index is 11.2. The molecule has 0 radical (unpaired) electrons. The van der Waals surface area contributed by atoms with Crippen LogP contribution in [0.4, 0.5) is 0 Å². The monoisotopic (exact) mass is 251 g/mol. The lowest BCUT2D eigenvalue weighted by Crippen LogP contribution is -2.42. The van der Waals surface area contributed by atoms with E-state index in [0.717, 1.165) is 39.0 Å². The van der Waals surface area contributed by atoms with Gasteiger partial charge in [0.2, 0.25) is 0 Å². The van der Waals surface area contributed by atoms with Crippen LogP contribution in [0.15, 0.2) is 12.4 Å². The van der Waals surface area contributed by atoms with E-state index < -0.39 is 11.4 Å². The van der Waals surface area contributed by atoms with Gasteiger partial charge in [0.05, 0.1) is 11.6 Å². The van der Waals surface area contributed by atoms with E-state index in [0.29, 0.717) is 0 Å². The van der Waals surface area contributed by atoms with E-state index in [1.54, 1.807) is 0 Å². The summed E-state index contributed by atoms with van der Waals surface area (Å²) in [6, 6.07) is 0. The molecule has 1 aromatic heterocycles. The minimum atomic E-state index is -0.666. The Morgan fingerprint density at radius 1 is 1.50 bits per heavy atom. The highest BCUT2D eigenvalue weighted by molar-refractivity contribution is 5.74. The van der Waals surface area contributed by atoms with Crippen molar-refractivity contribution in [1.29, 1.82) is 0 Å². The fraction of sp³-hybridized carbons (Fsp3) is 0.692. The van der Waals surface area contributed by atoms with Gasteiger partial charge in [0.1, 0.15) is 0 Å². The molecule has 18 heavy (non-hydrogen) atoms. The van der Waals surface area contributed by atoms with Crippen LogP contribution in [0.2, 0.25) is 0 Å². The number of hydrogen-bond donors (Lipinski definition) is 1. The fourth-order valence-corrected chi connectivity index (χ4v) is 2.34. The molecule has 2 rings (SSSR count). The second kappa shape index (κ2) is 5.10. The van der Waals surface area contributed by atoms with Crippen LogP contribution in [-0.2, 0) is 17.9 Å². The smallest absolute Gasteiger partial charge is 0.309 e. The van der Waals surface area contributed by atoms with Crippen LogP contribution in [0.25, 0.3) is 0 Å². The molecule has 2 heterocycles. The van der Waals surface area contributed by atoms with Gasteiger partial charge in [-0.25, -0.2) is 0 Å². The molecule has 1 aliphatic heterocycles. The summed E-state index contributed by atoms with van der Waals surface area (Å²) in [5, 5.41) is 13.4. The molecule has 1 N–H and O–H groups in total. The zero-order valence-electron chi connectivity index (χ0n) is 11.1.